The van der Waals surface area contributed by atoms with E-state index >= 15 is 0 Å². The number of imidazole rings is 1. The Kier molecular flexibility index (Phi) is 6.19. The highest BCUT2D eigenvalue weighted by Gasteiger charge is 2.42. The number of nitrogens with zero attached hydrogens (tertiary/aromatic N) is 4. The summed E-state index contributed by atoms with van der Waals surface area (Å²) < 4.78 is 45.9. The standard InChI is InChI=1S/C19H23F2N7O4/c1-9(2)23-19(29)32-13-8-31-16(15(13)21)12-4-14(27-26-12)25-18-22-5-11(20)17-24-10(7-30-3)6-28(17)18/h4-6,9,13,15-16H,7-8H2,1-3H3,(H,23,29)(H2,22,25,26,27)/t13-,15+,16-/m1/s1. The van der Waals surface area contributed by atoms with Gasteiger partial charge in [0.2, 0.25) is 5.95 Å². The van der Waals surface area contributed by atoms with Gasteiger partial charge in [0.25, 0.3) is 0 Å². The summed E-state index contributed by atoms with van der Waals surface area (Å²) in [4.78, 5) is 20.0. The van der Waals surface area contributed by atoms with Gasteiger partial charge in [0.05, 0.1) is 30.8 Å². The second kappa shape index (κ2) is 9.04. The number of halogens is 2. The Balaban J connectivity index is 1.47. The molecule has 172 valence electrons. The molecule has 3 aromatic heterocycles. The smallest absolute Gasteiger partial charge is 0.407 e. The van der Waals surface area contributed by atoms with Crippen LogP contribution in [0.3, 0.4) is 0 Å². The van der Waals surface area contributed by atoms with Crippen molar-refractivity contribution in [1.82, 2.24) is 29.9 Å². The molecule has 1 saturated heterocycles. The number of H-pyrrole nitrogens is 1. The van der Waals surface area contributed by atoms with Crippen molar-refractivity contribution in [2.45, 2.75) is 44.9 Å². The predicted molar refractivity (Wildman–Crippen MR) is 108 cm³/mol. The molecule has 0 bridgehead atoms. The van der Waals surface area contributed by atoms with Gasteiger partial charge < -0.3 is 24.8 Å². The van der Waals surface area contributed by atoms with Crippen molar-refractivity contribution in [2.75, 3.05) is 19.0 Å². The lowest BCUT2D eigenvalue weighted by Crippen LogP contribution is -2.36. The number of hydrogen-bond acceptors (Lipinski definition) is 8. The average molecular weight is 451 g/mol. The Morgan fingerprint density at radius 1 is 1.47 bits per heavy atom. The SMILES string of the molecule is COCc1cn2c(Nc3cc([C@H]4OC[C@@H](OC(=O)NC(C)C)[C@@H]4F)[nH]n3)ncc(F)c2n1. The number of anilines is 2. The minimum absolute atomic E-state index is 0.0768. The number of carbonyl (C=O) groups excluding carboxylic acids is 1. The van der Waals surface area contributed by atoms with E-state index in [1.165, 1.54) is 17.6 Å². The van der Waals surface area contributed by atoms with Crippen LogP contribution in [0.5, 0.6) is 0 Å². The van der Waals surface area contributed by atoms with Crippen LogP contribution in [-0.4, -0.2) is 62.7 Å². The maximum Gasteiger partial charge on any atom is 0.407 e. The lowest BCUT2D eigenvalue weighted by molar-refractivity contribution is 0.0615. The summed E-state index contributed by atoms with van der Waals surface area (Å²) in [7, 11) is 1.51. The van der Waals surface area contributed by atoms with E-state index in [1.54, 1.807) is 20.0 Å². The third-order valence-electron chi connectivity index (χ3n) is 4.68. The molecule has 3 aromatic rings. The van der Waals surface area contributed by atoms with E-state index in [-0.39, 0.29) is 30.9 Å². The van der Waals surface area contributed by atoms with Gasteiger partial charge in [-0.3, -0.25) is 9.50 Å². The van der Waals surface area contributed by atoms with Crippen LogP contribution in [0, 0.1) is 5.82 Å². The Morgan fingerprint density at radius 2 is 2.28 bits per heavy atom. The minimum atomic E-state index is -1.58. The highest BCUT2D eigenvalue weighted by Crippen LogP contribution is 2.33. The maximum absolute atomic E-state index is 14.8. The molecule has 3 N–H and O–H groups in total. The molecule has 0 unspecified atom stereocenters. The van der Waals surface area contributed by atoms with Crippen LogP contribution in [0.15, 0.2) is 18.5 Å². The van der Waals surface area contributed by atoms with E-state index < -0.39 is 30.3 Å². The van der Waals surface area contributed by atoms with Gasteiger partial charge in [0.15, 0.2) is 29.6 Å². The number of fused-ring (bicyclic) bond motifs is 1. The predicted octanol–water partition coefficient (Wildman–Crippen LogP) is 2.39. The first-order valence-corrected chi connectivity index (χ1v) is 9.92. The Bertz CT molecular complexity index is 1100. The van der Waals surface area contributed by atoms with E-state index in [0.29, 0.717) is 17.2 Å². The number of methoxy groups -OCH3 is 1. The quantitative estimate of drug-likeness (QED) is 0.500. The van der Waals surface area contributed by atoms with E-state index in [9.17, 15) is 13.6 Å². The van der Waals surface area contributed by atoms with Crippen molar-refractivity contribution in [1.29, 1.82) is 0 Å². The van der Waals surface area contributed by atoms with Gasteiger partial charge in [-0.2, -0.15) is 5.10 Å². The molecule has 4 rings (SSSR count). The summed E-state index contributed by atoms with van der Waals surface area (Å²) in [5, 5.41) is 12.3. The second-order valence-electron chi connectivity index (χ2n) is 7.56. The van der Waals surface area contributed by atoms with E-state index in [1.807, 2.05) is 0 Å². The first kappa shape index (κ1) is 21.9. The normalized spacial score (nSPS) is 20.8. The third-order valence-corrected chi connectivity index (χ3v) is 4.68. The summed E-state index contributed by atoms with van der Waals surface area (Å²) in [6.07, 6.45) is -1.69. The van der Waals surface area contributed by atoms with Crippen LogP contribution in [-0.2, 0) is 20.8 Å². The zero-order valence-corrected chi connectivity index (χ0v) is 17.6. The van der Waals surface area contributed by atoms with E-state index in [2.05, 4.69) is 30.8 Å². The van der Waals surface area contributed by atoms with Gasteiger partial charge in [0, 0.05) is 25.4 Å². The third kappa shape index (κ3) is 4.48. The molecule has 1 amide bonds. The van der Waals surface area contributed by atoms with Gasteiger partial charge in [-0.15, -0.1) is 0 Å². The molecule has 3 atom stereocenters. The van der Waals surface area contributed by atoms with Crippen molar-refractivity contribution in [2.24, 2.45) is 0 Å². The molecule has 0 saturated carbocycles. The fourth-order valence-corrected chi connectivity index (χ4v) is 3.31. The Morgan fingerprint density at radius 3 is 3.03 bits per heavy atom. The molecule has 1 aliphatic rings. The topological polar surface area (TPSA) is 128 Å². The number of amides is 1. The largest absolute Gasteiger partial charge is 0.441 e. The van der Waals surface area contributed by atoms with E-state index in [4.69, 9.17) is 14.2 Å². The number of aromatic amines is 1. The fourth-order valence-electron chi connectivity index (χ4n) is 3.31. The number of nitrogens with one attached hydrogen (secondary N) is 3. The average Bonchev–Trinajstić information content (AvgIpc) is 3.44. The number of carbonyl (C=O) groups is 1. The van der Waals surface area contributed by atoms with Crippen LogP contribution in [0.4, 0.5) is 25.3 Å². The molecule has 0 spiro atoms. The molecule has 4 heterocycles. The molecule has 1 fully saturated rings. The van der Waals surface area contributed by atoms with Crippen LogP contribution < -0.4 is 10.6 Å². The summed E-state index contributed by atoms with van der Waals surface area (Å²) in [5.74, 6) is -0.0297. The van der Waals surface area contributed by atoms with Crippen molar-refractivity contribution in [3.63, 3.8) is 0 Å². The monoisotopic (exact) mass is 451 g/mol. The molecule has 1 aliphatic heterocycles. The first-order valence-electron chi connectivity index (χ1n) is 9.92. The zero-order valence-electron chi connectivity index (χ0n) is 17.6. The summed E-state index contributed by atoms with van der Waals surface area (Å²) >= 11 is 0. The van der Waals surface area contributed by atoms with Gasteiger partial charge in [0.1, 0.15) is 6.10 Å². The number of alkyl halides is 1. The van der Waals surface area contributed by atoms with Crippen LogP contribution >= 0.6 is 0 Å². The molecular weight excluding hydrogens is 428 g/mol. The zero-order chi connectivity index (χ0) is 22.8. The number of ether oxygens (including phenoxy) is 3. The van der Waals surface area contributed by atoms with Crippen molar-refractivity contribution < 1.29 is 27.8 Å². The number of hydrogen-bond donors (Lipinski definition) is 3. The Hall–Kier alpha value is -3.32. The maximum atomic E-state index is 14.8. The number of alkyl carbamates (subject to hydrolysis) is 1. The fraction of sp³-hybridized carbons (Fsp3) is 0.474. The summed E-state index contributed by atoms with van der Waals surface area (Å²) in [6, 6.07) is 1.41. The Labute approximate surface area is 181 Å². The number of rotatable bonds is 7. The first-order chi connectivity index (χ1) is 15.4. The molecular formula is C19H23F2N7O4. The van der Waals surface area contributed by atoms with Crippen LogP contribution in [0.25, 0.3) is 5.65 Å². The number of aromatic nitrogens is 5. The summed E-state index contributed by atoms with van der Waals surface area (Å²) in [6.45, 7) is 3.67. The lowest BCUT2D eigenvalue weighted by Gasteiger charge is -2.16. The van der Waals surface area contributed by atoms with Crippen molar-refractivity contribution >= 4 is 23.5 Å². The molecule has 13 heteroatoms. The van der Waals surface area contributed by atoms with Gasteiger partial charge in [-0.05, 0) is 13.8 Å². The highest BCUT2D eigenvalue weighted by atomic mass is 19.1. The lowest BCUT2D eigenvalue weighted by atomic mass is 10.1. The summed E-state index contributed by atoms with van der Waals surface area (Å²) in [5.41, 5.74) is 0.949. The van der Waals surface area contributed by atoms with Crippen LogP contribution in [0.1, 0.15) is 31.3 Å². The van der Waals surface area contributed by atoms with Crippen LogP contribution in [0.2, 0.25) is 0 Å². The van der Waals surface area contributed by atoms with Gasteiger partial charge in [-0.25, -0.2) is 23.5 Å². The van der Waals surface area contributed by atoms with Gasteiger partial charge in [-0.1, -0.05) is 0 Å². The highest BCUT2D eigenvalue weighted by molar-refractivity contribution is 5.67. The van der Waals surface area contributed by atoms with Crippen molar-refractivity contribution in [3.05, 3.63) is 35.7 Å². The van der Waals surface area contributed by atoms with E-state index in [0.717, 1.165) is 6.20 Å². The minimum Gasteiger partial charge on any atom is -0.441 e. The van der Waals surface area contributed by atoms with Gasteiger partial charge >= 0.3 is 6.09 Å². The van der Waals surface area contributed by atoms with Crippen molar-refractivity contribution in [3.8, 4) is 0 Å². The molecule has 32 heavy (non-hydrogen) atoms. The molecule has 0 aliphatic carbocycles. The molecule has 0 aromatic carbocycles. The molecule has 0 radical (unpaired) electrons. The molecule has 11 nitrogen and oxygen atoms in total. The second-order valence-corrected chi connectivity index (χ2v) is 7.56.